The molecule has 28 heteroatoms. The van der Waals surface area contributed by atoms with Crippen molar-refractivity contribution in [1.29, 1.82) is 0 Å². The van der Waals surface area contributed by atoms with E-state index in [0.717, 1.165) is 34.3 Å². The second-order valence-corrected chi connectivity index (χ2v) is 32.5. The summed E-state index contributed by atoms with van der Waals surface area (Å²) >= 11 is 0. The van der Waals surface area contributed by atoms with E-state index in [-0.39, 0.29) is 61.9 Å². The van der Waals surface area contributed by atoms with Crippen LogP contribution in [0.15, 0.2) is 60.7 Å². The highest BCUT2D eigenvalue weighted by molar-refractivity contribution is 5.99. The Morgan fingerprint density at radius 1 is 0.486 bits per heavy atom. The van der Waals surface area contributed by atoms with E-state index in [0.29, 0.717) is 6.42 Å². The average molecular weight is 1530 g/mol. The molecule has 0 fully saturated rings. The molecule has 0 aliphatic heterocycles. The van der Waals surface area contributed by atoms with Crippen LogP contribution in [0.5, 0.6) is 0 Å². The Morgan fingerprint density at radius 3 is 1.36 bits per heavy atom. The van der Waals surface area contributed by atoms with Crippen molar-refractivity contribution in [3.05, 3.63) is 71.8 Å². The lowest BCUT2D eigenvalue weighted by atomic mass is 9.91. The van der Waals surface area contributed by atoms with Gasteiger partial charge in [-0.15, -0.1) is 0 Å². The van der Waals surface area contributed by atoms with E-state index in [1.807, 2.05) is 104 Å². The highest BCUT2D eigenvalue weighted by Gasteiger charge is 2.46. The molecule has 0 saturated heterocycles. The molecule has 109 heavy (non-hydrogen) atoms. The van der Waals surface area contributed by atoms with Crippen LogP contribution >= 0.6 is 0 Å². The van der Waals surface area contributed by atoms with Gasteiger partial charge < -0.3 is 75.5 Å². The van der Waals surface area contributed by atoms with Gasteiger partial charge in [0.05, 0.1) is 31.0 Å². The van der Waals surface area contributed by atoms with Gasteiger partial charge in [0.1, 0.15) is 67.0 Å². The molecule has 0 saturated carbocycles. The van der Waals surface area contributed by atoms with Crippen molar-refractivity contribution in [2.75, 3.05) is 56.0 Å². The van der Waals surface area contributed by atoms with E-state index in [1.165, 1.54) is 94.5 Å². The van der Waals surface area contributed by atoms with Crippen molar-refractivity contribution >= 4 is 71.1 Å². The summed E-state index contributed by atoms with van der Waals surface area (Å²) in [5.41, 5.74) is 3.32. The highest BCUT2D eigenvalue weighted by Crippen LogP contribution is 2.44. The Morgan fingerprint density at radius 2 is 0.908 bits per heavy atom. The maximum atomic E-state index is 15.0. The number of amides is 11. The Balaban J connectivity index is 1.87. The summed E-state index contributed by atoms with van der Waals surface area (Å²) in [4.78, 5) is 180. The van der Waals surface area contributed by atoms with E-state index in [4.69, 9.17) is 14.2 Å². The first-order valence-corrected chi connectivity index (χ1v) is 38.2. The molecule has 0 bridgehead atoms. The number of aliphatic hydroxyl groups is 2. The zero-order valence-corrected chi connectivity index (χ0v) is 69.8. The lowest BCUT2D eigenvalue weighted by Crippen LogP contribution is -2.63. The van der Waals surface area contributed by atoms with Gasteiger partial charge in [-0.2, -0.15) is 0 Å². The third-order valence-corrected chi connectivity index (χ3v) is 19.9. The lowest BCUT2D eigenvalue weighted by molar-refractivity contribution is -0.156. The van der Waals surface area contributed by atoms with Crippen LogP contribution in [0, 0.1) is 35.5 Å². The second kappa shape index (κ2) is 42.6. The summed E-state index contributed by atoms with van der Waals surface area (Å²) in [6.45, 7) is 34.2. The van der Waals surface area contributed by atoms with Crippen LogP contribution in [0.3, 0.4) is 0 Å². The van der Waals surface area contributed by atoms with Gasteiger partial charge in [0.2, 0.25) is 59.1 Å². The SMILES string of the molecule is C/C=C/C[C@@H](C)[C@@H](O)[C@@H](C(=O)N[C@H](C(=O)OC)[C@@H](C)O)N(C)C(=O)[C@H](C(C)C)N(C)C(=O)[C@H](CC(C)C)NC(=O)[C@H](CC(C)C)N(C)C(=O)[C@@H](C)NC(=O)[C@H](C)NC(=O)[C@H](CC(C)C)N(C)C(=O)[C@H](CC(C)C)NC(=O)[C@H](C(C)OC(C)(C)C)N(C)C(=O)[C@@H](C)N(C)C(=O)OCC1c2ccccc2-c2ccccc21. The number of allylic oxidation sites excluding steroid dienone is 2. The first kappa shape index (κ1) is 94.7. The number of hydrogen-bond acceptors (Lipinski definition) is 17. The molecule has 612 valence electrons. The number of nitrogens with one attached hydrogen (secondary N) is 5. The fourth-order valence-corrected chi connectivity index (χ4v) is 13.8. The zero-order valence-electron chi connectivity index (χ0n) is 69.8. The molecule has 15 atom stereocenters. The molecule has 0 radical (unpaired) electrons. The minimum Gasteiger partial charge on any atom is -0.467 e. The molecule has 11 amide bonds. The predicted molar refractivity (Wildman–Crippen MR) is 417 cm³/mol. The molecule has 0 aromatic heterocycles. The number of esters is 1. The summed E-state index contributed by atoms with van der Waals surface area (Å²) in [5.74, 6) is -10.6. The van der Waals surface area contributed by atoms with Gasteiger partial charge in [0, 0.05) is 48.2 Å². The summed E-state index contributed by atoms with van der Waals surface area (Å²) in [6.07, 6.45) is -0.456. The number of carbonyl (C=O) groups is 12. The largest absolute Gasteiger partial charge is 0.467 e. The predicted octanol–water partition coefficient (Wildman–Crippen LogP) is 6.42. The third-order valence-electron chi connectivity index (χ3n) is 19.9. The number of rotatable bonds is 40. The molecule has 2 aromatic rings. The lowest BCUT2D eigenvalue weighted by Gasteiger charge is -2.40. The summed E-state index contributed by atoms with van der Waals surface area (Å²) in [5, 5.41) is 35.8. The smallest absolute Gasteiger partial charge is 0.410 e. The van der Waals surface area contributed by atoms with Crippen LogP contribution in [0.1, 0.15) is 188 Å². The van der Waals surface area contributed by atoms with Crippen molar-refractivity contribution in [2.45, 2.75) is 267 Å². The molecule has 7 N–H and O–H groups in total. The molecule has 1 aliphatic rings. The highest BCUT2D eigenvalue weighted by atomic mass is 16.6. The Kier molecular flexibility index (Phi) is 37.0. The Labute approximate surface area is 647 Å². The minimum atomic E-state index is -1.64. The fraction of sp³-hybridized carbons (Fsp3) is 0.679. The van der Waals surface area contributed by atoms with Crippen LogP contribution in [-0.2, 0) is 67.0 Å². The summed E-state index contributed by atoms with van der Waals surface area (Å²) in [6, 6.07) is 1.32. The van der Waals surface area contributed by atoms with E-state index in [1.54, 1.807) is 67.5 Å². The van der Waals surface area contributed by atoms with Crippen LogP contribution in [0.25, 0.3) is 11.1 Å². The van der Waals surface area contributed by atoms with Gasteiger partial charge in [-0.3, -0.25) is 52.8 Å². The third kappa shape index (κ3) is 26.3. The van der Waals surface area contributed by atoms with E-state index < -0.39 is 173 Å². The molecule has 3 rings (SSSR count). The van der Waals surface area contributed by atoms with Gasteiger partial charge in [-0.1, -0.05) is 137 Å². The molecule has 0 heterocycles. The van der Waals surface area contributed by atoms with Crippen LogP contribution in [0.2, 0.25) is 0 Å². The number of nitrogens with zero attached hydrogens (tertiary/aromatic N) is 6. The van der Waals surface area contributed by atoms with Gasteiger partial charge in [-0.25, -0.2) is 9.59 Å². The molecular formula is C81H131N11O17. The quantitative estimate of drug-likeness (QED) is 0.0280. The number of likely N-dealkylation sites (N-methyl/N-ethyl adjacent to an activating group) is 6. The number of benzene rings is 2. The molecule has 2 aromatic carbocycles. The number of aliphatic hydroxyl groups excluding tert-OH is 2. The van der Waals surface area contributed by atoms with Crippen LogP contribution in [0.4, 0.5) is 4.79 Å². The van der Waals surface area contributed by atoms with Crippen molar-refractivity contribution in [3.63, 3.8) is 0 Å². The molecule has 0 spiro atoms. The van der Waals surface area contributed by atoms with Crippen molar-refractivity contribution < 1.29 is 82.0 Å². The fourth-order valence-electron chi connectivity index (χ4n) is 13.8. The molecular weight excluding hydrogens is 1400 g/mol. The van der Waals surface area contributed by atoms with Gasteiger partial charge in [0.15, 0.2) is 6.04 Å². The number of carbonyl (C=O) groups excluding carboxylic acids is 12. The average Bonchev–Trinajstić information content (AvgIpc) is 1.64. The maximum Gasteiger partial charge on any atom is 0.410 e. The topological polar surface area (TPSA) is 353 Å². The Bertz CT molecular complexity index is 3420. The van der Waals surface area contributed by atoms with Crippen LogP contribution in [-0.4, -0.2) is 257 Å². The van der Waals surface area contributed by atoms with E-state index >= 15 is 0 Å². The van der Waals surface area contributed by atoms with Crippen LogP contribution < -0.4 is 26.6 Å². The van der Waals surface area contributed by atoms with Crippen molar-refractivity contribution in [1.82, 2.24) is 56.0 Å². The minimum absolute atomic E-state index is 0.00975. The van der Waals surface area contributed by atoms with Gasteiger partial charge >= 0.3 is 12.1 Å². The van der Waals surface area contributed by atoms with Crippen molar-refractivity contribution in [2.24, 2.45) is 35.5 Å². The number of methoxy groups -OCH3 is 1. The first-order valence-electron chi connectivity index (χ1n) is 38.2. The van der Waals surface area contributed by atoms with Gasteiger partial charge in [-0.05, 0) is 152 Å². The second-order valence-electron chi connectivity index (χ2n) is 32.5. The Hall–Kier alpha value is -8.50. The number of hydrogen-bond donors (Lipinski definition) is 7. The normalized spacial score (nSPS) is 16.4. The molecule has 28 nitrogen and oxygen atoms in total. The van der Waals surface area contributed by atoms with E-state index in [2.05, 4.69) is 26.6 Å². The molecule has 1 unspecified atom stereocenters. The first-order chi connectivity index (χ1) is 50.6. The van der Waals surface area contributed by atoms with E-state index in [9.17, 15) is 67.7 Å². The van der Waals surface area contributed by atoms with Crippen molar-refractivity contribution in [3.8, 4) is 11.1 Å². The maximum absolute atomic E-state index is 15.0. The number of fused-ring (bicyclic) bond motifs is 3. The standard InChI is InChI=1S/C81H131N11O17/c1-28-29-34-49(12)68(94)67(73(99)86-64(53(16)93)79(105)107-27)92(26)78(104)65(48(10)11)90(24)77(103)61(40-45(4)5)84-71(97)63(42-47(8)9)88(22)74(100)51(14)83-69(95)50(13)82-70(96)62(41-46(6)7)89(23)76(102)60(39-44(2)3)85-72(98)66(54(17)109-81(18,19)20)91(25)75(101)52(15)87(21)80(106)108-43-59-57-37-32-30-35-55(57)56-36-31-33-38-58(56)59/h28-33,35-38,44-54,59-68,93-94H,34,39-43H2,1-27H3,(H,82,96)(H,83,95)(H,84,97)(H,85,98)(H,86,99)/b29-28+/t49-,50+,51-,52-,53-,54?,60+,61+,62+,63+,64+,65+,66+,67+,68-/m1/s1. The summed E-state index contributed by atoms with van der Waals surface area (Å²) in [7, 11) is 9.43. The van der Waals surface area contributed by atoms with Gasteiger partial charge in [0.25, 0.3) is 0 Å². The number of ether oxygens (including phenoxy) is 3. The molecule has 1 aliphatic carbocycles. The zero-order chi connectivity index (χ0) is 83.3. The summed E-state index contributed by atoms with van der Waals surface area (Å²) < 4.78 is 17.0. The monoisotopic (exact) mass is 1530 g/mol.